The van der Waals surface area contributed by atoms with Crippen molar-refractivity contribution in [2.24, 2.45) is 0 Å². The van der Waals surface area contributed by atoms with Crippen molar-refractivity contribution in [2.45, 2.75) is 19.3 Å². The lowest BCUT2D eigenvalue weighted by Crippen LogP contribution is -2.14. The molecule has 0 saturated heterocycles. The highest BCUT2D eigenvalue weighted by Gasteiger charge is 2.36. The van der Waals surface area contributed by atoms with Crippen LogP contribution in [0.2, 0.25) is 0 Å². The summed E-state index contributed by atoms with van der Waals surface area (Å²) in [7, 11) is 0. The maximum Gasteiger partial charge on any atom is 0.0159 e. The van der Waals surface area contributed by atoms with Gasteiger partial charge in [0, 0.05) is 5.41 Å². The highest BCUT2D eigenvalue weighted by molar-refractivity contribution is 6.30. The zero-order chi connectivity index (χ0) is 97.6. The summed E-state index contributed by atoms with van der Waals surface area (Å²) in [5.74, 6) is 0. The summed E-state index contributed by atoms with van der Waals surface area (Å²) in [4.78, 5) is 0. The Morgan fingerprint density at radius 3 is 0.680 bits per heavy atom. The van der Waals surface area contributed by atoms with Gasteiger partial charge in [0.1, 0.15) is 0 Å². The molecule has 0 unspecified atom stereocenters. The molecule has 0 radical (unpaired) electrons. The average molecular weight is 1860 g/mol. The van der Waals surface area contributed by atoms with Gasteiger partial charge in [-0.15, -0.1) is 0 Å². The lowest BCUT2D eigenvalue weighted by atomic mass is 9.79. The molecule has 0 heterocycles. The number of hydrogen-bond donors (Lipinski definition) is 0. The Kier molecular flexibility index (Phi) is 21.8. The first-order valence-electron chi connectivity index (χ1n) is 51.2. The standard InChI is InChI=1S/C59H40.C46H30.C42H28/c1-59(2)53-30-15-14-22-42(53)43-33-31-40(36-54(43)59)57-49-27-12-13-28-50(49)58(44-29-16-20-37-17-6-7-21-41(37)44)52-35-39(32-34-51(52)57)56-47-25-10-8-23-45(47)55(38-18-4-3-5-19-38)46-24-9-11-26-48(46)56;1-2-12-31(13-3-1)32-24-26-35(27-25-32)45-41-20-8-9-21-42(41)46(40-23-11-17-34-15-5-7-19-38(34)40)44-30-36(28-29-43(44)45)39-22-10-16-33-14-4-6-18-37(33)39;1-3-12-29(13-4-1)31-22-24-33(25-23-31)41-37-19-9-10-20-38(37)42(36-21-11-17-32-16-7-8-18-35(32)36)40-28-34(26-27-39(40)41)30-14-5-2-6-15-30/h3-36H,1-2H3;1-30H;1-28H. The topological polar surface area (TPSA) is 0 Å². The molecule has 0 bridgehead atoms. The summed E-state index contributed by atoms with van der Waals surface area (Å²) < 4.78 is 0. The van der Waals surface area contributed by atoms with Crippen LogP contribution in [-0.2, 0) is 5.41 Å². The van der Waals surface area contributed by atoms with E-state index in [-0.39, 0.29) is 5.41 Å². The first-order valence-corrected chi connectivity index (χ1v) is 51.2. The molecule has 0 saturated carbocycles. The minimum absolute atomic E-state index is 0.0996. The molecule has 686 valence electrons. The first-order chi connectivity index (χ1) is 72.7. The van der Waals surface area contributed by atoms with Crippen LogP contribution in [0.1, 0.15) is 25.0 Å². The Bertz CT molecular complexity index is 10000. The van der Waals surface area contributed by atoms with Crippen molar-refractivity contribution >= 4 is 129 Å². The molecule has 147 heavy (non-hydrogen) atoms. The van der Waals surface area contributed by atoms with E-state index in [2.05, 4.69) is 572 Å². The second kappa shape index (κ2) is 36.7. The van der Waals surface area contributed by atoms with Crippen molar-refractivity contribution in [2.75, 3.05) is 0 Å². The summed E-state index contributed by atoms with van der Waals surface area (Å²) in [6, 6.07) is 205. The van der Waals surface area contributed by atoms with E-state index < -0.39 is 0 Å². The van der Waals surface area contributed by atoms with Gasteiger partial charge in [-0.05, 0) is 309 Å². The smallest absolute Gasteiger partial charge is 0.0159 e. The lowest BCUT2D eigenvalue weighted by Gasteiger charge is -2.23. The van der Waals surface area contributed by atoms with Gasteiger partial charge in [0.05, 0.1) is 0 Å². The van der Waals surface area contributed by atoms with Gasteiger partial charge in [-0.25, -0.2) is 0 Å². The molecule has 0 heteroatoms. The van der Waals surface area contributed by atoms with E-state index in [0.717, 1.165) is 0 Å². The fraction of sp³-hybridized carbons (Fsp3) is 0.0204. The Labute approximate surface area is 856 Å². The maximum absolute atomic E-state index is 2.51. The summed E-state index contributed by atoms with van der Waals surface area (Å²) in [6.07, 6.45) is 0. The van der Waals surface area contributed by atoms with E-state index in [1.165, 1.54) is 285 Å². The fourth-order valence-electron chi connectivity index (χ4n) is 24.4. The lowest BCUT2D eigenvalue weighted by molar-refractivity contribution is 0.660. The normalized spacial score (nSPS) is 12.1. The number of rotatable bonds is 12. The van der Waals surface area contributed by atoms with Gasteiger partial charge in [0.25, 0.3) is 0 Å². The van der Waals surface area contributed by atoms with Crippen LogP contribution in [0.3, 0.4) is 0 Å². The third-order valence-corrected chi connectivity index (χ3v) is 31.2. The number of fused-ring (bicyclic) bond motifs is 15. The summed E-state index contributed by atoms with van der Waals surface area (Å²) in [6.45, 7) is 4.76. The SMILES string of the molecule is CC1(C)c2ccccc2-c2ccc(-c3c4ccccc4c(-c4cccc5ccccc45)c4cc(-c5c6ccccc6c(-c6ccccc6)c6ccccc56)ccc34)cc21.c1ccc(-c2ccc(-c3c4ccccc4c(-c4cccc5ccccc45)c4cc(-c5cccc6ccccc56)ccc34)cc2)cc1.c1ccc(-c2ccc(-c3c4ccccc4c(-c4cccc5ccccc45)c4cc(-c5ccccc5)ccc34)cc2)cc1. The molecule has 0 aliphatic heterocycles. The van der Waals surface area contributed by atoms with Crippen LogP contribution >= 0.6 is 0 Å². The minimum Gasteiger partial charge on any atom is -0.0622 e. The van der Waals surface area contributed by atoms with Crippen LogP contribution in [0.15, 0.2) is 558 Å². The molecule has 0 atom stereocenters. The zero-order valence-corrected chi connectivity index (χ0v) is 81.6. The summed E-state index contributed by atoms with van der Waals surface area (Å²) in [5, 5.41) is 30.4. The molecule has 1 aliphatic rings. The predicted molar refractivity (Wildman–Crippen MR) is 632 cm³/mol. The van der Waals surface area contributed by atoms with Crippen molar-refractivity contribution in [1.82, 2.24) is 0 Å². The van der Waals surface area contributed by atoms with Crippen molar-refractivity contribution < 1.29 is 0 Å². The van der Waals surface area contributed by atoms with Crippen LogP contribution in [0.4, 0.5) is 0 Å². The van der Waals surface area contributed by atoms with Crippen LogP contribution in [-0.4, -0.2) is 0 Å². The minimum atomic E-state index is -0.0996. The second-order valence-corrected chi connectivity index (χ2v) is 39.7. The van der Waals surface area contributed by atoms with E-state index >= 15 is 0 Å². The molecule has 1 aliphatic carbocycles. The van der Waals surface area contributed by atoms with Crippen molar-refractivity contribution in [3.63, 3.8) is 0 Å². The van der Waals surface area contributed by atoms with E-state index in [1.54, 1.807) is 0 Å². The summed E-state index contributed by atoms with van der Waals surface area (Å²) >= 11 is 0. The molecule has 0 aromatic heterocycles. The summed E-state index contributed by atoms with van der Waals surface area (Å²) in [5.41, 5.74) is 35.5. The van der Waals surface area contributed by atoms with Gasteiger partial charge in [-0.3, -0.25) is 0 Å². The zero-order valence-electron chi connectivity index (χ0n) is 81.6. The van der Waals surface area contributed by atoms with E-state index in [0.29, 0.717) is 0 Å². The third kappa shape index (κ3) is 15.1. The number of hydrogen-bond acceptors (Lipinski definition) is 0. The Balaban J connectivity index is 0.000000111. The number of benzene rings is 28. The third-order valence-electron chi connectivity index (χ3n) is 31.2. The molecule has 0 nitrogen and oxygen atoms in total. The van der Waals surface area contributed by atoms with Gasteiger partial charge in [0.2, 0.25) is 0 Å². The van der Waals surface area contributed by atoms with Crippen LogP contribution in [0.25, 0.3) is 274 Å². The highest BCUT2D eigenvalue weighted by atomic mass is 14.4. The van der Waals surface area contributed by atoms with Crippen LogP contribution in [0.5, 0.6) is 0 Å². The molecule has 0 fully saturated rings. The van der Waals surface area contributed by atoms with E-state index in [9.17, 15) is 0 Å². The average Bonchev–Trinajstić information content (AvgIpc) is 1.51. The molecule has 28 aromatic carbocycles. The van der Waals surface area contributed by atoms with E-state index in [1.807, 2.05) is 0 Å². The van der Waals surface area contributed by atoms with Crippen molar-refractivity contribution in [3.8, 4) is 145 Å². The Hall–Kier alpha value is -18.7. The van der Waals surface area contributed by atoms with Crippen molar-refractivity contribution in [1.29, 1.82) is 0 Å². The predicted octanol–water partition coefficient (Wildman–Crippen LogP) is 41.2. The monoisotopic (exact) mass is 1860 g/mol. The van der Waals surface area contributed by atoms with Crippen molar-refractivity contribution in [3.05, 3.63) is 569 Å². The fourth-order valence-corrected chi connectivity index (χ4v) is 24.4. The second-order valence-electron chi connectivity index (χ2n) is 39.7. The highest BCUT2D eigenvalue weighted by Crippen LogP contribution is 2.56. The maximum atomic E-state index is 2.51. The molecular weight excluding hydrogens is 1770 g/mol. The molecule has 0 amide bonds. The molecule has 0 N–H and O–H groups in total. The van der Waals surface area contributed by atoms with Crippen LogP contribution < -0.4 is 0 Å². The molecule has 29 rings (SSSR count). The van der Waals surface area contributed by atoms with Gasteiger partial charge in [-0.2, -0.15) is 0 Å². The van der Waals surface area contributed by atoms with Crippen LogP contribution in [0, 0.1) is 0 Å². The van der Waals surface area contributed by atoms with E-state index in [4.69, 9.17) is 0 Å². The Morgan fingerprint density at radius 1 is 0.102 bits per heavy atom. The molecule has 0 spiro atoms. The molecule has 28 aromatic rings. The quantitative estimate of drug-likeness (QED) is 0.107. The van der Waals surface area contributed by atoms with Gasteiger partial charge < -0.3 is 0 Å². The Morgan fingerprint density at radius 2 is 0.306 bits per heavy atom. The van der Waals surface area contributed by atoms with Gasteiger partial charge in [0.15, 0.2) is 0 Å². The first kappa shape index (κ1) is 87.3. The molecular formula is C147H98. The van der Waals surface area contributed by atoms with Gasteiger partial charge in [-0.1, -0.05) is 548 Å². The van der Waals surface area contributed by atoms with Gasteiger partial charge >= 0.3 is 0 Å². The largest absolute Gasteiger partial charge is 0.0622 e.